The van der Waals surface area contributed by atoms with Crippen molar-refractivity contribution in [1.29, 1.82) is 0 Å². The van der Waals surface area contributed by atoms with Gasteiger partial charge in [-0.25, -0.2) is 4.98 Å². The number of hydrogen-bond acceptors (Lipinski definition) is 5. The molecule has 8 heteroatoms. The highest BCUT2D eigenvalue weighted by Gasteiger charge is 2.14. The minimum atomic E-state index is -0.113. The molecule has 0 fully saturated rings. The van der Waals surface area contributed by atoms with Crippen LogP contribution in [0.1, 0.15) is 5.56 Å². The summed E-state index contributed by atoms with van der Waals surface area (Å²) in [5.41, 5.74) is 3.05. The maximum Gasteiger partial charge on any atom is 0.228 e. The van der Waals surface area contributed by atoms with E-state index in [1.54, 1.807) is 24.3 Å². The van der Waals surface area contributed by atoms with Crippen molar-refractivity contribution in [3.8, 4) is 23.0 Å². The Kier molecular flexibility index (Phi) is 5.14. The molecule has 2 N–H and O–H groups in total. The molecule has 0 spiro atoms. The van der Waals surface area contributed by atoms with Gasteiger partial charge in [-0.2, -0.15) is 0 Å². The summed E-state index contributed by atoms with van der Waals surface area (Å²) in [6, 6.07) is 14.2. The van der Waals surface area contributed by atoms with Crippen LogP contribution >= 0.6 is 43.5 Å². The van der Waals surface area contributed by atoms with Crippen LogP contribution in [0, 0.1) is 0 Å². The number of fused-ring (bicyclic) bond motifs is 1. The van der Waals surface area contributed by atoms with E-state index in [0.29, 0.717) is 37.8 Å². The molecule has 0 amide bonds. The number of para-hydroxylation sites is 2. The maximum absolute atomic E-state index is 10.2. The van der Waals surface area contributed by atoms with Crippen molar-refractivity contribution >= 4 is 66.5 Å². The SMILES string of the molecule is Oc1c(Br)cc(C=Nc2ccc(Cl)c(-c3nc4ccccc4o3)c2)c(O)c1Br. The Labute approximate surface area is 181 Å². The van der Waals surface area contributed by atoms with E-state index in [4.69, 9.17) is 16.0 Å². The molecular formula is C20H11Br2ClN2O3. The molecule has 0 radical (unpaired) electrons. The van der Waals surface area contributed by atoms with E-state index >= 15 is 0 Å². The summed E-state index contributed by atoms with van der Waals surface area (Å²) in [6.45, 7) is 0. The summed E-state index contributed by atoms with van der Waals surface area (Å²) in [5, 5.41) is 20.5. The number of hydrogen-bond donors (Lipinski definition) is 2. The van der Waals surface area contributed by atoms with E-state index in [-0.39, 0.29) is 16.0 Å². The van der Waals surface area contributed by atoms with Crippen LogP contribution in [0.3, 0.4) is 0 Å². The first-order valence-corrected chi connectivity index (χ1v) is 10.00. The summed E-state index contributed by atoms with van der Waals surface area (Å²) in [5.74, 6) is 0.207. The standard InChI is InChI=1S/C20H11Br2ClN2O3/c21-13-7-10(18(26)17(22)19(13)27)9-24-11-5-6-14(23)12(8-11)20-25-15-3-1-2-4-16(15)28-20/h1-9,26-27H. The van der Waals surface area contributed by atoms with Crippen LogP contribution in [-0.2, 0) is 0 Å². The van der Waals surface area contributed by atoms with Gasteiger partial charge in [0.2, 0.25) is 5.89 Å². The lowest BCUT2D eigenvalue weighted by molar-refractivity contribution is 0.442. The van der Waals surface area contributed by atoms with E-state index in [2.05, 4.69) is 41.8 Å². The summed E-state index contributed by atoms with van der Waals surface area (Å²) in [7, 11) is 0. The minimum absolute atomic E-state index is 0.0839. The molecule has 0 aliphatic carbocycles. The fraction of sp³-hybridized carbons (Fsp3) is 0. The molecule has 140 valence electrons. The average Bonchev–Trinajstić information content (AvgIpc) is 3.13. The van der Waals surface area contributed by atoms with Gasteiger partial charge in [0.1, 0.15) is 21.5 Å². The fourth-order valence-corrected chi connectivity index (χ4v) is 3.96. The zero-order chi connectivity index (χ0) is 19.8. The molecule has 0 aliphatic heterocycles. The molecule has 1 aromatic heterocycles. The first-order chi connectivity index (χ1) is 13.4. The minimum Gasteiger partial charge on any atom is -0.506 e. The summed E-state index contributed by atoms with van der Waals surface area (Å²) < 4.78 is 6.41. The molecule has 0 saturated carbocycles. The molecule has 3 aromatic carbocycles. The molecule has 0 atom stereocenters. The Balaban J connectivity index is 1.72. The van der Waals surface area contributed by atoms with E-state index < -0.39 is 0 Å². The first kappa shape index (κ1) is 19.0. The second-order valence-electron chi connectivity index (χ2n) is 5.87. The zero-order valence-electron chi connectivity index (χ0n) is 14.0. The summed E-state index contributed by atoms with van der Waals surface area (Å²) >= 11 is 12.7. The monoisotopic (exact) mass is 520 g/mol. The highest BCUT2D eigenvalue weighted by molar-refractivity contribution is 9.11. The molecular weight excluding hydrogens is 511 g/mol. The fourth-order valence-electron chi connectivity index (χ4n) is 2.60. The van der Waals surface area contributed by atoms with Gasteiger partial charge in [-0.05, 0) is 68.3 Å². The van der Waals surface area contributed by atoms with Gasteiger partial charge in [0.15, 0.2) is 5.58 Å². The Morgan fingerprint density at radius 1 is 1.04 bits per heavy atom. The Hall–Kier alpha value is -2.35. The molecule has 0 unspecified atom stereocenters. The van der Waals surface area contributed by atoms with Crippen LogP contribution in [0.15, 0.2) is 66.9 Å². The van der Waals surface area contributed by atoms with Crippen molar-refractivity contribution in [3.63, 3.8) is 0 Å². The average molecular weight is 523 g/mol. The number of aromatic nitrogens is 1. The van der Waals surface area contributed by atoms with Gasteiger partial charge in [-0.15, -0.1) is 0 Å². The molecule has 5 nitrogen and oxygen atoms in total. The quantitative estimate of drug-likeness (QED) is 0.289. The lowest BCUT2D eigenvalue weighted by atomic mass is 10.2. The van der Waals surface area contributed by atoms with Gasteiger partial charge in [0, 0.05) is 11.8 Å². The van der Waals surface area contributed by atoms with Crippen LogP contribution in [0.5, 0.6) is 11.5 Å². The lowest BCUT2D eigenvalue weighted by Gasteiger charge is -2.06. The number of nitrogens with zero attached hydrogens (tertiary/aromatic N) is 2. The highest BCUT2D eigenvalue weighted by Crippen LogP contribution is 2.41. The smallest absolute Gasteiger partial charge is 0.228 e. The number of aromatic hydroxyl groups is 2. The van der Waals surface area contributed by atoms with E-state index in [9.17, 15) is 10.2 Å². The van der Waals surface area contributed by atoms with E-state index in [1.807, 2.05) is 24.3 Å². The molecule has 1 heterocycles. The van der Waals surface area contributed by atoms with Crippen molar-refractivity contribution in [1.82, 2.24) is 4.98 Å². The Morgan fingerprint density at radius 3 is 2.61 bits per heavy atom. The third-order valence-electron chi connectivity index (χ3n) is 4.02. The molecule has 0 bridgehead atoms. The van der Waals surface area contributed by atoms with E-state index in [1.165, 1.54) is 6.21 Å². The van der Waals surface area contributed by atoms with Crippen molar-refractivity contribution in [2.75, 3.05) is 0 Å². The van der Waals surface area contributed by atoms with Crippen LogP contribution in [0.4, 0.5) is 5.69 Å². The molecule has 4 aromatic rings. The van der Waals surface area contributed by atoms with Crippen molar-refractivity contribution in [2.45, 2.75) is 0 Å². The maximum atomic E-state index is 10.2. The van der Waals surface area contributed by atoms with Crippen LogP contribution < -0.4 is 0 Å². The van der Waals surface area contributed by atoms with Crippen LogP contribution in [-0.4, -0.2) is 21.4 Å². The third kappa shape index (κ3) is 3.53. The predicted molar refractivity (Wildman–Crippen MR) is 117 cm³/mol. The topological polar surface area (TPSA) is 78.9 Å². The molecule has 0 saturated heterocycles. The van der Waals surface area contributed by atoms with Crippen LogP contribution in [0.2, 0.25) is 5.02 Å². The predicted octanol–water partition coefficient (Wildman–Crippen LogP) is 6.84. The zero-order valence-corrected chi connectivity index (χ0v) is 18.0. The molecule has 0 aliphatic rings. The second kappa shape index (κ2) is 7.58. The van der Waals surface area contributed by atoms with Crippen molar-refractivity contribution < 1.29 is 14.6 Å². The van der Waals surface area contributed by atoms with Gasteiger partial charge in [-0.3, -0.25) is 4.99 Å². The largest absolute Gasteiger partial charge is 0.506 e. The Bertz CT molecular complexity index is 1200. The molecule has 4 rings (SSSR count). The highest BCUT2D eigenvalue weighted by atomic mass is 79.9. The first-order valence-electron chi connectivity index (χ1n) is 8.03. The second-order valence-corrected chi connectivity index (χ2v) is 7.92. The van der Waals surface area contributed by atoms with Crippen molar-refractivity contribution in [3.05, 3.63) is 68.1 Å². The number of benzene rings is 3. The van der Waals surface area contributed by atoms with Gasteiger partial charge < -0.3 is 14.6 Å². The normalized spacial score (nSPS) is 11.5. The number of phenolic OH excluding ortho intramolecular Hbond substituents is 2. The van der Waals surface area contributed by atoms with Gasteiger partial charge >= 0.3 is 0 Å². The number of aliphatic imine (C=N–C) groups is 1. The lowest BCUT2D eigenvalue weighted by Crippen LogP contribution is -1.86. The third-order valence-corrected chi connectivity index (χ3v) is 5.71. The van der Waals surface area contributed by atoms with E-state index in [0.717, 1.165) is 5.52 Å². The van der Waals surface area contributed by atoms with Gasteiger partial charge in [0.05, 0.1) is 20.7 Å². The van der Waals surface area contributed by atoms with Gasteiger partial charge in [0.25, 0.3) is 0 Å². The summed E-state index contributed by atoms with van der Waals surface area (Å²) in [6.07, 6.45) is 1.49. The summed E-state index contributed by atoms with van der Waals surface area (Å²) in [4.78, 5) is 8.86. The number of phenols is 2. The molecule has 28 heavy (non-hydrogen) atoms. The Morgan fingerprint density at radius 2 is 1.82 bits per heavy atom. The number of rotatable bonds is 3. The van der Waals surface area contributed by atoms with Crippen molar-refractivity contribution in [2.24, 2.45) is 4.99 Å². The van der Waals surface area contributed by atoms with Crippen LogP contribution in [0.25, 0.3) is 22.6 Å². The number of halogens is 3. The number of oxazole rings is 1. The van der Waals surface area contributed by atoms with Gasteiger partial charge in [-0.1, -0.05) is 23.7 Å².